The molecule has 1 aromatic carbocycles. The second-order valence-corrected chi connectivity index (χ2v) is 10.6. The van der Waals surface area contributed by atoms with Crippen molar-refractivity contribution in [3.8, 4) is 0 Å². The molecule has 0 bridgehead atoms. The SMILES string of the molecule is C[C@]12CCC(=O)C=C1CC[C@@H]1[C@H]2CC[C@]2(C)C(C(=O)Nc3cccc(F)c3)CC[C@@H]12. The Bertz CT molecular complexity index is 923. The second kappa shape index (κ2) is 7.03. The van der Waals surface area contributed by atoms with Crippen LogP contribution in [0.4, 0.5) is 10.1 Å². The molecule has 0 spiro atoms. The predicted octanol–water partition coefficient (Wildman–Crippen LogP) is 5.91. The minimum Gasteiger partial charge on any atom is -0.326 e. The van der Waals surface area contributed by atoms with Crippen LogP contribution in [0.3, 0.4) is 0 Å². The first kappa shape index (κ1) is 20.0. The lowest BCUT2D eigenvalue weighted by molar-refractivity contribution is -0.127. The number of carbonyl (C=O) groups excluding carboxylic acids is 2. The molecule has 0 aliphatic heterocycles. The minimum absolute atomic E-state index is 0.00982. The van der Waals surface area contributed by atoms with Gasteiger partial charge in [-0.25, -0.2) is 4.39 Å². The average molecular weight is 410 g/mol. The summed E-state index contributed by atoms with van der Waals surface area (Å²) in [5.74, 6) is 1.86. The van der Waals surface area contributed by atoms with Crippen molar-refractivity contribution in [1.82, 2.24) is 0 Å². The lowest BCUT2D eigenvalue weighted by Gasteiger charge is -2.58. The van der Waals surface area contributed by atoms with Gasteiger partial charge in [0.25, 0.3) is 0 Å². The van der Waals surface area contributed by atoms with Crippen LogP contribution in [-0.4, -0.2) is 11.7 Å². The summed E-state index contributed by atoms with van der Waals surface area (Å²) in [5, 5.41) is 2.99. The molecule has 1 N–H and O–H groups in total. The maximum absolute atomic E-state index is 13.5. The van der Waals surface area contributed by atoms with E-state index in [1.165, 1.54) is 17.7 Å². The fourth-order valence-corrected chi connectivity index (χ4v) is 7.79. The van der Waals surface area contributed by atoms with Crippen LogP contribution in [0, 0.1) is 40.3 Å². The highest BCUT2D eigenvalue weighted by molar-refractivity contribution is 5.93. The summed E-state index contributed by atoms with van der Waals surface area (Å²) in [4.78, 5) is 25.2. The first-order valence-corrected chi connectivity index (χ1v) is 11.6. The summed E-state index contributed by atoms with van der Waals surface area (Å²) in [7, 11) is 0. The molecule has 1 aromatic rings. The lowest BCUT2D eigenvalue weighted by atomic mass is 9.47. The lowest BCUT2D eigenvalue weighted by Crippen LogP contribution is -2.51. The third-order valence-corrected chi connectivity index (χ3v) is 9.37. The van der Waals surface area contributed by atoms with Gasteiger partial charge >= 0.3 is 0 Å². The number of rotatable bonds is 2. The van der Waals surface area contributed by atoms with Gasteiger partial charge in [0.05, 0.1) is 0 Å². The Kier molecular flexibility index (Phi) is 4.68. The van der Waals surface area contributed by atoms with E-state index in [0.717, 1.165) is 44.9 Å². The van der Waals surface area contributed by atoms with Gasteiger partial charge in [-0.3, -0.25) is 9.59 Å². The Morgan fingerprint density at radius 2 is 1.90 bits per heavy atom. The smallest absolute Gasteiger partial charge is 0.228 e. The molecule has 3 fully saturated rings. The molecule has 30 heavy (non-hydrogen) atoms. The van der Waals surface area contributed by atoms with Crippen molar-refractivity contribution in [1.29, 1.82) is 0 Å². The number of fused-ring (bicyclic) bond motifs is 5. The largest absolute Gasteiger partial charge is 0.326 e. The normalized spacial score (nSPS) is 40.1. The topological polar surface area (TPSA) is 46.2 Å². The zero-order valence-corrected chi connectivity index (χ0v) is 18.0. The number of hydrogen-bond acceptors (Lipinski definition) is 2. The van der Waals surface area contributed by atoms with Crippen molar-refractivity contribution in [2.24, 2.45) is 34.5 Å². The highest BCUT2D eigenvalue weighted by Gasteiger charge is 2.60. The molecule has 5 rings (SSSR count). The zero-order chi connectivity index (χ0) is 21.1. The number of nitrogens with one attached hydrogen (secondary N) is 1. The first-order valence-electron chi connectivity index (χ1n) is 11.6. The average Bonchev–Trinajstić information content (AvgIpc) is 3.06. The fraction of sp³-hybridized carbons (Fsp3) is 0.615. The van der Waals surface area contributed by atoms with Crippen LogP contribution in [0.15, 0.2) is 35.9 Å². The van der Waals surface area contributed by atoms with E-state index in [1.807, 2.05) is 6.08 Å². The number of amides is 1. The van der Waals surface area contributed by atoms with Gasteiger partial charge in [-0.05, 0) is 97.8 Å². The summed E-state index contributed by atoms with van der Waals surface area (Å²) < 4.78 is 13.5. The molecule has 1 unspecified atom stereocenters. The summed E-state index contributed by atoms with van der Waals surface area (Å²) in [5.41, 5.74) is 2.12. The van der Waals surface area contributed by atoms with Crippen LogP contribution in [0.1, 0.15) is 65.2 Å². The summed E-state index contributed by atoms with van der Waals surface area (Å²) in [6.07, 6.45) is 10.1. The fourth-order valence-electron chi connectivity index (χ4n) is 7.79. The number of halogens is 1. The van der Waals surface area contributed by atoms with E-state index in [0.29, 0.717) is 35.6 Å². The molecule has 3 nitrogen and oxygen atoms in total. The molecule has 4 aliphatic rings. The highest BCUT2D eigenvalue weighted by atomic mass is 19.1. The van der Waals surface area contributed by atoms with Gasteiger partial charge in [0.15, 0.2) is 5.78 Å². The molecule has 0 saturated heterocycles. The van der Waals surface area contributed by atoms with Crippen LogP contribution in [-0.2, 0) is 9.59 Å². The maximum Gasteiger partial charge on any atom is 0.228 e. The van der Waals surface area contributed by atoms with Gasteiger partial charge in [-0.2, -0.15) is 0 Å². The Morgan fingerprint density at radius 1 is 1.07 bits per heavy atom. The summed E-state index contributed by atoms with van der Waals surface area (Å²) >= 11 is 0. The van der Waals surface area contributed by atoms with Gasteiger partial charge < -0.3 is 5.32 Å². The summed E-state index contributed by atoms with van der Waals surface area (Å²) in [6, 6.07) is 6.18. The Hall–Kier alpha value is -1.97. The van der Waals surface area contributed by atoms with Crippen molar-refractivity contribution in [3.63, 3.8) is 0 Å². The number of benzene rings is 1. The van der Waals surface area contributed by atoms with Gasteiger partial charge in [-0.15, -0.1) is 0 Å². The maximum atomic E-state index is 13.5. The van der Waals surface area contributed by atoms with E-state index in [9.17, 15) is 14.0 Å². The van der Waals surface area contributed by atoms with E-state index < -0.39 is 0 Å². The van der Waals surface area contributed by atoms with Crippen molar-refractivity contribution in [2.45, 2.75) is 65.2 Å². The van der Waals surface area contributed by atoms with Crippen LogP contribution in [0.5, 0.6) is 0 Å². The monoisotopic (exact) mass is 409 g/mol. The standard InChI is InChI=1S/C26H32FNO2/c1-25-12-10-19(29)14-16(25)6-7-20-21-8-9-23(26(21,2)13-11-22(20)25)24(30)28-18-5-3-4-17(27)15-18/h3-5,14-15,20-23H,6-13H2,1-2H3,(H,28,30)/t20-,21-,22+,23?,25-,26-/m0/s1. The molecule has 3 saturated carbocycles. The van der Waals surface area contributed by atoms with Crippen molar-refractivity contribution >= 4 is 17.4 Å². The third kappa shape index (κ3) is 2.98. The van der Waals surface area contributed by atoms with E-state index in [-0.39, 0.29) is 28.5 Å². The summed E-state index contributed by atoms with van der Waals surface area (Å²) in [6.45, 7) is 4.72. The van der Waals surface area contributed by atoms with Gasteiger partial charge in [0.1, 0.15) is 5.82 Å². The van der Waals surface area contributed by atoms with Crippen LogP contribution in [0.2, 0.25) is 0 Å². The zero-order valence-electron chi connectivity index (χ0n) is 18.0. The third-order valence-electron chi connectivity index (χ3n) is 9.37. The number of carbonyl (C=O) groups is 2. The predicted molar refractivity (Wildman–Crippen MR) is 115 cm³/mol. The highest BCUT2D eigenvalue weighted by Crippen LogP contribution is 2.66. The molecule has 0 radical (unpaired) electrons. The molecule has 4 heteroatoms. The Balaban J connectivity index is 1.37. The molecule has 4 aliphatic carbocycles. The van der Waals surface area contributed by atoms with E-state index in [2.05, 4.69) is 19.2 Å². The van der Waals surface area contributed by atoms with Crippen molar-refractivity contribution in [3.05, 3.63) is 41.7 Å². The molecule has 160 valence electrons. The van der Waals surface area contributed by atoms with Gasteiger partial charge in [-0.1, -0.05) is 25.5 Å². The minimum atomic E-state index is -0.325. The number of anilines is 1. The van der Waals surface area contributed by atoms with E-state index >= 15 is 0 Å². The van der Waals surface area contributed by atoms with Crippen LogP contribution in [0.25, 0.3) is 0 Å². The van der Waals surface area contributed by atoms with Crippen molar-refractivity contribution < 1.29 is 14.0 Å². The Morgan fingerprint density at radius 3 is 2.70 bits per heavy atom. The molecule has 0 heterocycles. The van der Waals surface area contributed by atoms with Gasteiger partial charge in [0.2, 0.25) is 5.91 Å². The molecular formula is C26H32FNO2. The van der Waals surface area contributed by atoms with Crippen LogP contribution >= 0.6 is 0 Å². The molecule has 1 amide bonds. The Labute approximate surface area is 178 Å². The molecule has 6 atom stereocenters. The van der Waals surface area contributed by atoms with Crippen LogP contribution < -0.4 is 5.32 Å². The second-order valence-electron chi connectivity index (χ2n) is 10.6. The quantitative estimate of drug-likeness (QED) is 0.660. The molecule has 0 aromatic heterocycles. The van der Waals surface area contributed by atoms with E-state index in [4.69, 9.17) is 0 Å². The number of allylic oxidation sites excluding steroid dienone is 1. The first-order chi connectivity index (χ1) is 14.3. The van der Waals surface area contributed by atoms with Gasteiger partial charge in [0, 0.05) is 18.0 Å². The number of ketones is 1. The van der Waals surface area contributed by atoms with E-state index in [1.54, 1.807) is 12.1 Å². The number of hydrogen-bond donors (Lipinski definition) is 1. The molecular weight excluding hydrogens is 377 g/mol. The van der Waals surface area contributed by atoms with Crippen molar-refractivity contribution in [2.75, 3.05) is 5.32 Å².